The maximum absolute atomic E-state index is 5.90. The first-order valence-electron chi connectivity index (χ1n) is 8.45. The zero-order valence-electron chi connectivity index (χ0n) is 13.8. The van der Waals surface area contributed by atoms with E-state index in [1.165, 1.54) is 0 Å². The van der Waals surface area contributed by atoms with Crippen LogP contribution < -0.4 is 5.32 Å². The van der Waals surface area contributed by atoms with Crippen LogP contribution in [0.4, 0.5) is 0 Å². The van der Waals surface area contributed by atoms with Crippen molar-refractivity contribution in [1.29, 1.82) is 0 Å². The summed E-state index contributed by atoms with van der Waals surface area (Å²) in [6, 6.07) is 6.01. The van der Waals surface area contributed by atoms with Gasteiger partial charge in [0.2, 0.25) is 0 Å². The Hall–Kier alpha value is -1.66. The lowest BCUT2D eigenvalue weighted by Gasteiger charge is -2.37. The minimum atomic E-state index is 0.153. The highest BCUT2D eigenvalue weighted by molar-refractivity contribution is 5.80. The number of hydrogen-bond acceptors (Lipinski definition) is 4. The van der Waals surface area contributed by atoms with Crippen molar-refractivity contribution in [3.63, 3.8) is 0 Å². The fourth-order valence-corrected chi connectivity index (χ4v) is 3.17. The standard InChI is InChI=1S/C17H26N4O2/c1-18-17(20-9-7-14-5-2-3-8-19-14)21-10-12-23-16(13-21)15-6-4-11-22-15/h2-3,5,8,15-16H,4,6-7,9-13H2,1H3,(H,18,20). The summed E-state index contributed by atoms with van der Waals surface area (Å²) in [4.78, 5) is 11.0. The summed E-state index contributed by atoms with van der Waals surface area (Å²) in [7, 11) is 1.83. The van der Waals surface area contributed by atoms with E-state index in [1.807, 2.05) is 31.4 Å². The third kappa shape index (κ3) is 4.42. The summed E-state index contributed by atoms with van der Waals surface area (Å²) in [6.07, 6.45) is 5.36. The van der Waals surface area contributed by atoms with Crippen molar-refractivity contribution >= 4 is 5.96 Å². The molecule has 2 atom stereocenters. The minimum Gasteiger partial charge on any atom is -0.375 e. The van der Waals surface area contributed by atoms with Crippen LogP contribution >= 0.6 is 0 Å². The summed E-state index contributed by atoms with van der Waals surface area (Å²) in [6.45, 7) is 4.12. The van der Waals surface area contributed by atoms with Crippen LogP contribution in [0.2, 0.25) is 0 Å². The highest BCUT2D eigenvalue weighted by atomic mass is 16.5. The van der Waals surface area contributed by atoms with Gasteiger partial charge in [-0.05, 0) is 25.0 Å². The molecule has 0 radical (unpaired) electrons. The minimum absolute atomic E-state index is 0.153. The number of aromatic nitrogens is 1. The van der Waals surface area contributed by atoms with Gasteiger partial charge in [0.1, 0.15) is 6.10 Å². The molecule has 3 heterocycles. The number of pyridine rings is 1. The summed E-state index contributed by atoms with van der Waals surface area (Å²) < 4.78 is 11.7. The second-order valence-electron chi connectivity index (χ2n) is 5.95. The van der Waals surface area contributed by atoms with Gasteiger partial charge in [0.25, 0.3) is 0 Å². The van der Waals surface area contributed by atoms with Crippen LogP contribution in [0.15, 0.2) is 29.4 Å². The molecule has 1 aromatic heterocycles. The van der Waals surface area contributed by atoms with Crippen molar-refractivity contribution in [2.24, 2.45) is 4.99 Å². The number of ether oxygens (including phenoxy) is 2. The van der Waals surface area contributed by atoms with Crippen LogP contribution in [-0.2, 0) is 15.9 Å². The molecule has 23 heavy (non-hydrogen) atoms. The SMILES string of the molecule is CN=C(NCCc1ccccn1)N1CCOC(C2CCCO2)C1. The predicted molar refractivity (Wildman–Crippen MR) is 89.6 cm³/mol. The van der Waals surface area contributed by atoms with Crippen LogP contribution in [0.5, 0.6) is 0 Å². The van der Waals surface area contributed by atoms with E-state index in [0.717, 1.165) is 63.8 Å². The van der Waals surface area contributed by atoms with Gasteiger partial charge in [-0.1, -0.05) is 6.07 Å². The van der Waals surface area contributed by atoms with Gasteiger partial charge in [-0.25, -0.2) is 0 Å². The zero-order valence-corrected chi connectivity index (χ0v) is 13.8. The Kier molecular flexibility index (Phi) is 5.82. The lowest BCUT2D eigenvalue weighted by Crippen LogP contribution is -2.53. The van der Waals surface area contributed by atoms with E-state index in [4.69, 9.17) is 9.47 Å². The first-order valence-corrected chi connectivity index (χ1v) is 8.45. The van der Waals surface area contributed by atoms with Crippen LogP contribution in [0, 0.1) is 0 Å². The van der Waals surface area contributed by atoms with Gasteiger partial charge in [-0.2, -0.15) is 0 Å². The van der Waals surface area contributed by atoms with Crippen LogP contribution in [0.25, 0.3) is 0 Å². The van der Waals surface area contributed by atoms with E-state index >= 15 is 0 Å². The fourth-order valence-electron chi connectivity index (χ4n) is 3.17. The summed E-state index contributed by atoms with van der Waals surface area (Å²) in [5.74, 6) is 0.937. The van der Waals surface area contributed by atoms with Crippen LogP contribution in [0.3, 0.4) is 0 Å². The molecule has 0 saturated carbocycles. The molecule has 126 valence electrons. The molecule has 3 rings (SSSR count). The van der Waals surface area contributed by atoms with E-state index in [-0.39, 0.29) is 12.2 Å². The quantitative estimate of drug-likeness (QED) is 0.665. The highest BCUT2D eigenvalue weighted by Crippen LogP contribution is 2.20. The van der Waals surface area contributed by atoms with Crippen molar-refractivity contribution in [1.82, 2.24) is 15.2 Å². The number of morpholine rings is 1. The Bertz CT molecular complexity index is 503. The molecule has 0 spiro atoms. The second-order valence-corrected chi connectivity index (χ2v) is 5.95. The normalized spacial score (nSPS) is 25.6. The first kappa shape index (κ1) is 16.2. The van der Waals surface area contributed by atoms with Gasteiger partial charge in [-0.3, -0.25) is 9.98 Å². The molecule has 6 heteroatoms. The molecule has 2 aliphatic rings. The molecule has 6 nitrogen and oxygen atoms in total. The Balaban J connectivity index is 1.49. The number of hydrogen-bond donors (Lipinski definition) is 1. The van der Waals surface area contributed by atoms with Crippen molar-refractivity contribution in [2.45, 2.75) is 31.5 Å². The van der Waals surface area contributed by atoms with Gasteiger partial charge in [-0.15, -0.1) is 0 Å². The van der Waals surface area contributed by atoms with Crippen molar-refractivity contribution in [3.05, 3.63) is 30.1 Å². The second kappa shape index (κ2) is 8.26. The molecular weight excluding hydrogens is 292 g/mol. The van der Waals surface area contributed by atoms with Crippen LogP contribution in [0.1, 0.15) is 18.5 Å². The molecule has 0 aromatic carbocycles. The molecule has 2 fully saturated rings. The Labute approximate surface area is 137 Å². The lowest BCUT2D eigenvalue weighted by atomic mass is 10.1. The number of aliphatic imine (C=N–C) groups is 1. The summed E-state index contributed by atoms with van der Waals surface area (Å²) >= 11 is 0. The van der Waals surface area contributed by atoms with Crippen molar-refractivity contribution < 1.29 is 9.47 Å². The third-order valence-electron chi connectivity index (χ3n) is 4.37. The average molecular weight is 318 g/mol. The Morgan fingerprint density at radius 1 is 1.35 bits per heavy atom. The monoisotopic (exact) mass is 318 g/mol. The number of guanidine groups is 1. The zero-order chi connectivity index (χ0) is 15.9. The number of nitrogens with zero attached hydrogens (tertiary/aromatic N) is 3. The Morgan fingerprint density at radius 3 is 3.00 bits per heavy atom. The molecule has 0 amide bonds. The molecule has 2 saturated heterocycles. The summed E-state index contributed by atoms with van der Waals surface area (Å²) in [5.41, 5.74) is 1.09. The molecule has 2 unspecified atom stereocenters. The maximum atomic E-state index is 5.90. The topological polar surface area (TPSA) is 59.0 Å². The van der Waals surface area contributed by atoms with Gasteiger partial charge in [0.15, 0.2) is 5.96 Å². The van der Waals surface area contributed by atoms with E-state index in [2.05, 4.69) is 20.2 Å². The van der Waals surface area contributed by atoms with Crippen molar-refractivity contribution in [3.8, 4) is 0 Å². The smallest absolute Gasteiger partial charge is 0.193 e. The Morgan fingerprint density at radius 2 is 2.26 bits per heavy atom. The number of rotatable bonds is 4. The largest absolute Gasteiger partial charge is 0.375 e. The summed E-state index contributed by atoms with van der Waals surface area (Å²) in [5, 5.41) is 3.44. The van der Waals surface area contributed by atoms with Gasteiger partial charge in [0, 0.05) is 51.6 Å². The van der Waals surface area contributed by atoms with Gasteiger partial charge < -0.3 is 19.7 Å². The average Bonchev–Trinajstić information content (AvgIpc) is 3.14. The van der Waals surface area contributed by atoms with Crippen LogP contribution in [-0.4, -0.2) is 67.9 Å². The third-order valence-corrected chi connectivity index (χ3v) is 4.37. The van der Waals surface area contributed by atoms with Gasteiger partial charge in [0.05, 0.1) is 12.7 Å². The lowest BCUT2D eigenvalue weighted by molar-refractivity contribution is -0.0816. The maximum Gasteiger partial charge on any atom is 0.193 e. The molecular formula is C17H26N4O2. The van der Waals surface area contributed by atoms with Crippen molar-refractivity contribution in [2.75, 3.05) is 39.9 Å². The predicted octanol–water partition coefficient (Wildman–Crippen LogP) is 1.08. The first-order chi connectivity index (χ1) is 11.4. The highest BCUT2D eigenvalue weighted by Gasteiger charge is 2.32. The van der Waals surface area contributed by atoms with E-state index in [0.29, 0.717) is 0 Å². The van der Waals surface area contributed by atoms with E-state index in [9.17, 15) is 0 Å². The molecule has 0 bridgehead atoms. The number of nitrogens with one attached hydrogen (secondary N) is 1. The molecule has 1 aromatic rings. The molecule has 1 N–H and O–H groups in total. The van der Waals surface area contributed by atoms with E-state index in [1.54, 1.807) is 0 Å². The molecule has 2 aliphatic heterocycles. The molecule has 0 aliphatic carbocycles. The van der Waals surface area contributed by atoms with Gasteiger partial charge >= 0.3 is 0 Å². The van der Waals surface area contributed by atoms with E-state index < -0.39 is 0 Å². The fraction of sp³-hybridized carbons (Fsp3) is 0.647.